The van der Waals surface area contributed by atoms with Crippen LogP contribution in [0.3, 0.4) is 0 Å². The molecule has 1 N–H and O–H groups in total. The van der Waals surface area contributed by atoms with Gasteiger partial charge in [0.15, 0.2) is 0 Å². The number of nitrogens with one attached hydrogen (secondary N) is 1. The maximum atomic E-state index is 12.1. The maximum absolute atomic E-state index is 12.1. The van der Waals surface area contributed by atoms with Crippen molar-refractivity contribution in [2.75, 3.05) is 13.7 Å². The molecule has 0 spiro atoms. The van der Waals surface area contributed by atoms with Gasteiger partial charge in [-0.15, -0.1) is 0 Å². The lowest BCUT2D eigenvalue weighted by Crippen LogP contribution is -2.57. The molecule has 5 nitrogen and oxygen atoms in total. The number of hydrogen-bond donors (Lipinski definition) is 1. The Bertz CT molecular complexity index is 493. The zero-order valence-corrected chi connectivity index (χ0v) is 14.6. The van der Waals surface area contributed by atoms with Gasteiger partial charge >= 0.3 is 5.97 Å². The molecular weight excluding hydrogens is 294 g/mol. The molecule has 0 bridgehead atoms. The van der Waals surface area contributed by atoms with Crippen molar-refractivity contribution in [2.45, 2.75) is 58.6 Å². The second-order valence-electron chi connectivity index (χ2n) is 8.08. The Kier molecular flexibility index (Phi) is 4.43. The van der Waals surface area contributed by atoms with Crippen LogP contribution in [0.5, 0.6) is 0 Å². The highest BCUT2D eigenvalue weighted by Gasteiger charge is 2.58. The summed E-state index contributed by atoms with van der Waals surface area (Å²) >= 11 is 0. The molecule has 0 aromatic rings. The molecule has 0 aromatic carbocycles. The molecule has 1 heterocycles. The monoisotopic (exact) mass is 323 g/mol. The zero-order chi connectivity index (χ0) is 16.8. The fraction of sp³-hybridized carbons (Fsp3) is 0.889. The largest absolute Gasteiger partial charge is 0.462 e. The SMILES string of the molecule is COCC(=O)N[C@H]1CC[C@]2(C)CC[C@@H]3[C@H](OC(=O)[C@H]3C)[C@H]2[C@@H]1C. The van der Waals surface area contributed by atoms with E-state index in [1.807, 2.05) is 6.92 Å². The van der Waals surface area contributed by atoms with Crippen LogP contribution in [0.1, 0.15) is 46.5 Å². The van der Waals surface area contributed by atoms with Gasteiger partial charge in [0.25, 0.3) is 0 Å². The van der Waals surface area contributed by atoms with E-state index < -0.39 is 0 Å². The minimum Gasteiger partial charge on any atom is -0.462 e. The van der Waals surface area contributed by atoms with Gasteiger partial charge in [-0.2, -0.15) is 0 Å². The summed E-state index contributed by atoms with van der Waals surface area (Å²) in [6.07, 6.45) is 4.33. The normalized spacial score (nSPS) is 45.8. The Morgan fingerprint density at radius 3 is 2.74 bits per heavy atom. The quantitative estimate of drug-likeness (QED) is 0.808. The average molecular weight is 323 g/mol. The number of esters is 1. The van der Waals surface area contributed by atoms with Crippen LogP contribution < -0.4 is 5.32 Å². The summed E-state index contributed by atoms with van der Waals surface area (Å²) in [5.74, 6) is 0.896. The smallest absolute Gasteiger partial charge is 0.309 e. The molecule has 1 amide bonds. The molecule has 1 aliphatic heterocycles. The van der Waals surface area contributed by atoms with Gasteiger partial charge in [0.05, 0.1) is 5.92 Å². The van der Waals surface area contributed by atoms with Crippen LogP contribution in [-0.4, -0.2) is 37.7 Å². The van der Waals surface area contributed by atoms with Crippen molar-refractivity contribution in [1.82, 2.24) is 5.32 Å². The number of carbonyl (C=O) groups excluding carboxylic acids is 2. The van der Waals surface area contributed by atoms with Gasteiger partial charge in [-0.05, 0) is 37.0 Å². The van der Waals surface area contributed by atoms with Gasteiger partial charge in [0, 0.05) is 25.0 Å². The van der Waals surface area contributed by atoms with Crippen LogP contribution in [-0.2, 0) is 19.1 Å². The zero-order valence-electron chi connectivity index (χ0n) is 14.6. The molecule has 1 saturated heterocycles. The van der Waals surface area contributed by atoms with Crippen LogP contribution in [0.2, 0.25) is 0 Å². The highest BCUT2D eigenvalue weighted by Crippen LogP contribution is 2.57. The standard InChI is InChI=1S/C18H29NO4/c1-10-12-5-7-18(3)8-6-13(19-14(20)9-22-4)11(2)15(18)16(12)23-17(10)21/h10-13,15-16H,5-9H2,1-4H3,(H,19,20)/t10-,11+,12-,13-,15+,16-,18-/m0/s1. The van der Waals surface area contributed by atoms with Crippen molar-refractivity contribution < 1.29 is 19.1 Å². The Hall–Kier alpha value is -1.10. The van der Waals surface area contributed by atoms with Crippen LogP contribution >= 0.6 is 0 Å². The third-order valence-corrected chi connectivity index (χ3v) is 6.75. The van der Waals surface area contributed by atoms with E-state index in [0.717, 1.165) is 25.7 Å². The summed E-state index contributed by atoms with van der Waals surface area (Å²) in [5, 5.41) is 3.12. The summed E-state index contributed by atoms with van der Waals surface area (Å²) in [7, 11) is 1.53. The van der Waals surface area contributed by atoms with E-state index in [2.05, 4.69) is 19.2 Å². The number of ether oxygens (including phenoxy) is 2. The molecule has 0 aromatic heterocycles. The summed E-state index contributed by atoms with van der Waals surface area (Å²) in [4.78, 5) is 24.0. The predicted molar refractivity (Wildman–Crippen MR) is 85.6 cm³/mol. The van der Waals surface area contributed by atoms with Crippen LogP contribution in [0, 0.1) is 29.1 Å². The van der Waals surface area contributed by atoms with E-state index in [-0.39, 0.29) is 42.0 Å². The lowest BCUT2D eigenvalue weighted by atomic mass is 9.52. The van der Waals surface area contributed by atoms with E-state index in [1.165, 1.54) is 7.11 Å². The number of amides is 1. The third-order valence-electron chi connectivity index (χ3n) is 6.75. The first-order valence-electron chi connectivity index (χ1n) is 8.86. The molecule has 3 fully saturated rings. The summed E-state index contributed by atoms with van der Waals surface area (Å²) < 4.78 is 10.7. The Balaban J connectivity index is 1.79. The first kappa shape index (κ1) is 16.7. The van der Waals surface area contributed by atoms with Crippen molar-refractivity contribution in [3.8, 4) is 0 Å². The highest BCUT2D eigenvalue weighted by atomic mass is 16.6. The first-order valence-corrected chi connectivity index (χ1v) is 8.86. The molecule has 3 rings (SSSR count). The molecule has 7 atom stereocenters. The van der Waals surface area contributed by atoms with Gasteiger partial charge < -0.3 is 14.8 Å². The molecule has 2 saturated carbocycles. The lowest BCUT2D eigenvalue weighted by Gasteiger charge is -2.54. The van der Waals surface area contributed by atoms with Gasteiger partial charge in [0.2, 0.25) is 5.91 Å². The number of carbonyl (C=O) groups is 2. The van der Waals surface area contributed by atoms with Crippen LogP contribution in [0.4, 0.5) is 0 Å². The van der Waals surface area contributed by atoms with E-state index in [1.54, 1.807) is 0 Å². The maximum Gasteiger partial charge on any atom is 0.309 e. The summed E-state index contributed by atoms with van der Waals surface area (Å²) in [6, 6.07) is 0.143. The van der Waals surface area contributed by atoms with Gasteiger partial charge in [-0.1, -0.05) is 20.8 Å². The third kappa shape index (κ3) is 2.77. The molecule has 2 aliphatic carbocycles. The molecule has 0 unspecified atom stereocenters. The fourth-order valence-corrected chi connectivity index (χ4v) is 5.41. The van der Waals surface area contributed by atoms with Gasteiger partial charge in [-0.25, -0.2) is 0 Å². The van der Waals surface area contributed by atoms with E-state index in [4.69, 9.17) is 9.47 Å². The second kappa shape index (κ2) is 6.08. The van der Waals surface area contributed by atoms with Crippen molar-refractivity contribution in [3.63, 3.8) is 0 Å². The molecule has 5 heteroatoms. The number of methoxy groups -OCH3 is 1. The lowest BCUT2D eigenvalue weighted by molar-refractivity contribution is -0.155. The van der Waals surface area contributed by atoms with Crippen molar-refractivity contribution >= 4 is 11.9 Å². The summed E-state index contributed by atoms with van der Waals surface area (Å²) in [5.41, 5.74) is 0.216. The minimum atomic E-state index is -0.0582. The molecule has 0 radical (unpaired) electrons. The highest BCUT2D eigenvalue weighted by molar-refractivity contribution is 5.77. The fourth-order valence-electron chi connectivity index (χ4n) is 5.41. The Morgan fingerprint density at radius 2 is 2.04 bits per heavy atom. The molecule has 130 valence electrons. The van der Waals surface area contributed by atoms with Crippen molar-refractivity contribution in [1.29, 1.82) is 0 Å². The minimum absolute atomic E-state index is 0.0141. The molecule has 3 aliphatic rings. The number of rotatable bonds is 3. The Morgan fingerprint density at radius 1 is 1.35 bits per heavy atom. The molecular formula is C18H29NO4. The second-order valence-corrected chi connectivity index (χ2v) is 8.08. The van der Waals surface area contributed by atoms with Crippen molar-refractivity contribution in [2.24, 2.45) is 29.1 Å². The van der Waals surface area contributed by atoms with Crippen LogP contribution in [0.25, 0.3) is 0 Å². The van der Waals surface area contributed by atoms with Gasteiger partial charge in [0.1, 0.15) is 12.7 Å². The predicted octanol–water partition coefficient (Wildman–Crippen LogP) is 2.14. The first-order chi connectivity index (χ1) is 10.9. The topological polar surface area (TPSA) is 64.6 Å². The number of fused-ring (bicyclic) bond motifs is 3. The molecule has 23 heavy (non-hydrogen) atoms. The van der Waals surface area contributed by atoms with E-state index in [0.29, 0.717) is 17.8 Å². The number of hydrogen-bond acceptors (Lipinski definition) is 4. The van der Waals surface area contributed by atoms with E-state index >= 15 is 0 Å². The van der Waals surface area contributed by atoms with Crippen molar-refractivity contribution in [3.05, 3.63) is 0 Å². The average Bonchev–Trinajstić information content (AvgIpc) is 2.77. The van der Waals surface area contributed by atoms with Crippen LogP contribution in [0.15, 0.2) is 0 Å². The van der Waals surface area contributed by atoms with E-state index in [9.17, 15) is 9.59 Å². The summed E-state index contributed by atoms with van der Waals surface area (Å²) in [6.45, 7) is 6.65. The Labute approximate surface area is 138 Å². The van der Waals surface area contributed by atoms with Gasteiger partial charge in [-0.3, -0.25) is 9.59 Å².